The topological polar surface area (TPSA) is 55.4 Å². The molecule has 3 aromatic rings. The van der Waals surface area contributed by atoms with Crippen molar-refractivity contribution in [3.63, 3.8) is 0 Å². The normalized spacial score (nSPS) is 12.9. The van der Waals surface area contributed by atoms with Gasteiger partial charge < -0.3 is 5.11 Å². The lowest BCUT2D eigenvalue weighted by Gasteiger charge is -2.10. The van der Waals surface area contributed by atoms with Gasteiger partial charge in [0.2, 0.25) is 0 Å². The van der Waals surface area contributed by atoms with E-state index in [2.05, 4.69) is 30.1 Å². The Morgan fingerprint density at radius 3 is 2.90 bits per heavy atom. The van der Waals surface area contributed by atoms with Crippen molar-refractivity contribution in [3.05, 3.63) is 53.6 Å². The van der Waals surface area contributed by atoms with Crippen LogP contribution in [0.25, 0.3) is 5.52 Å². The van der Waals surface area contributed by atoms with Crippen molar-refractivity contribution < 1.29 is 5.11 Å². The van der Waals surface area contributed by atoms with E-state index in [-0.39, 0.29) is 0 Å². The molecule has 3 aromatic heterocycles. The van der Waals surface area contributed by atoms with E-state index in [1.807, 2.05) is 29.1 Å². The maximum atomic E-state index is 10.6. The molecule has 0 fully saturated rings. The molecular weight excluding hydrogens is 264 g/mol. The fourth-order valence-electron chi connectivity index (χ4n) is 2.64. The van der Waals surface area contributed by atoms with E-state index in [0.717, 1.165) is 35.4 Å². The van der Waals surface area contributed by atoms with Crippen molar-refractivity contribution in [2.24, 2.45) is 0 Å². The average Bonchev–Trinajstić information content (AvgIpc) is 3.10. The highest BCUT2D eigenvalue weighted by atomic mass is 16.3. The zero-order valence-electron chi connectivity index (χ0n) is 12.4. The first-order valence-electron chi connectivity index (χ1n) is 7.38. The summed E-state index contributed by atoms with van der Waals surface area (Å²) in [5.41, 5.74) is 3.94. The summed E-state index contributed by atoms with van der Waals surface area (Å²) >= 11 is 0. The molecule has 0 aliphatic heterocycles. The van der Waals surface area contributed by atoms with Crippen LogP contribution in [0.4, 0.5) is 0 Å². The predicted molar refractivity (Wildman–Crippen MR) is 81.1 cm³/mol. The van der Waals surface area contributed by atoms with Gasteiger partial charge in [-0.15, -0.1) is 0 Å². The minimum Gasteiger partial charge on any atom is -0.388 e. The van der Waals surface area contributed by atoms with E-state index in [1.54, 1.807) is 10.7 Å². The minimum atomic E-state index is -0.573. The van der Waals surface area contributed by atoms with Gasteiger partial charge in [-0.1, -0.05) is 13.0 Å². The van der Waals surface area contributed by atoms with Gasteiger partial charge in [0.05, 0.1) is 23.5 Å². The third kappa shape index (κ3) is 2.56. The Bertz CT molecular complexity index is 744. The zero-order valence-corrected chi connectivity index (χ0v) is 12.4. The van der Waals surface area contributed by atoms with Crippen molar-refractivity contribution in [3.8, 4) is 0 Å². The molecule has 0 aliphatic carbocycles. The summed E-state index contributed by atoms with van der Waals surface area (Å²) in [5, 5.41) is 19.4. The number of aliphatic hydroxyl groups excluding tert-OH is 1. The second kappa shape index (κ2) is 5.69. The first kappa shape index (κ1) is 13.8. The monoisotopic (exact) mass is 284 g/mol. The summed E-state index contributed by atoms with van der Waals surface area (Å²) in [6.45, 7) is 4.97. The van der Waals surface area contributed by atoms with E-state index in [1.165, 1.54) is 0 Å². The number of aliphatic hydroxyl groups is 1. The fourth-order valence-corrected chi connectivity index (χ4v) is 2.64. The van der Waals surface area contributed by atoms with Crippen molar-refractivity contribution in [2.75, 3.05) is 0 Å². The van der Waals surface area contributed by atoms with Crippen molar-refractivity contribution >= 4 is 5.52 Å². The Morgan fingerprint density at radius 1 is 1.29 bits per heavy atom. The number of hydrogen-bond acceptors (Lipinski definition) is 3. The molecule has 3 heterocycles. The SMILES string of the molecule is CCc1cc(CC(O)c2cnn3ccccc23)n(CC)n1. The van der Waals surface area contributed by atoms with Crippen LogP contribution in [0.15, 0.2) is 36.7 Å². The molecule has 0 aliphatic rings. The van der Waals surface area contributed by atoms with Crippen LogP contribution < -0.4 is 0 Å². The highest BCUT2D eigenvalue weighted by Crippen LogP contribution is 2.23. The largest absolute Gasteiger partial charge is 0.388 e. The van der Waals surface area contributed by atoms with Crippen LogP contribution in [0.1, 0.15) is 36.9 Å². The number of pyridine rings is 1. The van der Waals surface area contributed by atoms with Gasteiger partial charge >= 0.3 is 0 Å². The molecule has 0 radical (unpaired) electrons. The van der Waals surface area contributed by atoms with Crippen LogP contribution in [0.2, 0.25) is 0 Å². The zero-order chi connectivity index (χ0) is 14.8. The van der Waals surface area contributed by atoms with Gasteiger partial charge in [-0.2, -0.15) is 10.2 Å². The first-order chi connectivity index (χ1) is 10.2. The van der Waals surface area contributed by atoms with Crippen molar-refractivity contribution in [1.29, 1.82) is 0 Å². The quantitative estimate of drug-likeness (QED) is 0.782. The number of hydrogen-bond donors (Lipinski definition) is 1. The smallest absolute Gasteiger partial charge is 0.0881 e. The molecule has 5 heteroatoms. The lowest BCUT2D eigenvalue weighted by molar-refractivity contribution is 0.177. The Hall–Kier alpha value is -2.14. The van der Waals surface area contributed by atoms with E-state index >= 15 is 0 Å². The van der Waals surface area contributed by atoms with Crippen molar-refractivity contribution in [2.45, 2.75) is 39.3 Å². The molecule has 0 spiro atoms. The number of aryl methyl sites for hydroxylation is 2. The van der Waals surface area contributed by atoms with Gasteiger partial charge in [-0.3, -0.25) is 4.68 Å². The molecule has 1 unspecified atom stereocenters. The number of nitrogens with zero attached hydrogens (tertiary/aromatic N) is 4. The molecule has 0 aromatic carbocycles. The third-order valence-electron chi connectivity index (χ3n) is 3.79. The van der Waals surface area contributed by atoms with Crippen LogP contribution in [-0.2, 0) is 19.4 Å². The van der Waals surface area contributed by atoms with Gasteiger partial charge in [0.25, 0.3) is 0 Å². The van der Waals surface area contributed by atoms with Crippen LogP contribution in [-0.4, -0.2) is 24.5 Å². The van der Waals surface area contributed by atoms with Gasteiger partial charge in [0.1, 0.15) is 0 Å². The van der Waals surface area contributed by atoms with E-state index in [0.29, 0.717) is 6.42 Å². The van der Waals surface area contributed by atoms with Gasteiger partial charge in [-0.05, 0) is 31.5 Å². The Balaban J connectivity index is 1.89. The number of fused-ring (bicyclic) bond motifs is 1. The summed E-state index contributed by atoms with van der Waals surface area (Å²) in [7, 11) is 0. The minimum absolute atomic E-state index is 0.553. The highest BCUT2D eigenvalue weighted by molar-refractivity contribution is 5.54. The average molecular weight is 284 g/mol. The molecule has 0 bridgehead atoms. The molecule has 1 N–H and O–H groups in total. The Morgan fingerprint density at radius 2 is 2.14 bits per heavy atom. The second-order valence-electron chi connectivity index (χ2n) is 5.15. The van der Waals surface area contributed by atoms with Crippen LogP contribution in [0.3, 0.4) is 0 Å². The Kier molecular flexibility index (Phi) is 3.75. The third-order valence-corrected chi connectivity index (χ3v) is 3.79. The molecule has 0 saturated carbocycles. The molecule has 0 amide bonds. The Labute approximate surface area is 123 Å². The fraction of sp³-hybridized carbons (Fsp3) is 0.375. The van der Waals surface area contributed by atoms with Gasteiger partial charge in [-0.25, -0.2) is 4.52 Å². The first-order valence-corrected chi connectivity index (χ1v) is 7.38. The lowest BCUT2D eigenvalue weighted by Crippen LogP contribution is -2.08. The molecule has 3 rings (SSSR count). The van der Waals surface area contributed by atoms with Crippen molar-refractivity contribution in [1.82, 2.24) is 19.4 Å². The van der Waals surface area contributed by atoms with Gasteiger partial charge in [0.15, 0.2) is 0 Å². The summed E-state index contributed by atoms with van der Waals surface area (Å²) in [4.78, 5) is 0. The van der Waals surface area contributed by atoms with E-state index in [9.17, 15) is 5.11 Å². The number of rotatable bonds is 5. The molecule has 21 heavy (non-hydrogen) atoms. The summed E-state index contributed by atoms with van der Waals surface area (Å²) < 4.78 is 3.75. The maximum Gasteiger partial charge on any atom is 0.0881 e. The molecule has 0 saturated heterocycles. The van der Waals surface area contributed by atoms with E-state index < -0.39 is 6.10 Å². The van der Waals surface area contributed by atoms with Crippen LogP contribution >= 0.6 is 0 Å². The number of aromatic nitrogens is 4. The van der Waals surface area contributed by atoms with Crippen LogP contribution in [0.5, 0.6) is 0 Å². The standard InChI is InChI=1S/C16H20N4O/c1-3-12-9-13(19(4-2)18-12)10-16(21)14-11-17-20-8-6-5-7-15(14)20/h5-9,11,16,21H,3-4,10H2,1-2H3. The lowest BCUT2D eigenvalue weighted by atomic mass is 10.1. The highest BCUT2D eigenvalue weighted by Gasteiger charge is 2.17. The summed E-state index contributed by atoms with van der Waals surface area (Å²) in [6.07, 6.45) is 4.52. The second-order valence-corrected chi connectivity index (χ2v) is 5.15. The molecule has 110 valence electrons. The van der Waals surface area contributed by atoms with Gasteiger partial charge in [0, 0.05) is 30.4 Å². The molecular formula is C16H20N4O. The summed E-state index contributed by atoms with van der Waals surface area (Å²) in [5.74, 6) is 0. The van der Waals surface area contributed by atoms with Crippen LogP contribution in [0, 0.1) is 0 Å². The molecule has 1 atom stereocenters. The summed E-state index contributed by atoms with van der Waals surface area (Å²) in [6, 6.07) is 7.94. The molecule has 5 nitrogen and oxygen atoms in total. The van der Waals surface area contributed by atoms with E-state index in [4.69, 9.17) is 0 Å². The predicted octanol–water partition coefficient (Wildman–Crippen LogP) is 2.39. The maximum absolute atomic E-state index is 10.6.